The Bertz CT molecular complexity index is 1250. The SMILES string of the molecule is COc1cccc(/C=N\NC(=O)CN(c2cccc(Cl)c2)S(=O)(=O)c2ccccc2)c1OC. The molecule has 10 heteroatoms. The van der Waals surface area contributed by atoms with Gasteiger partial charge in [0.2, 0.25) is 0 Å². The fraction of sp³-hybridized carbons (Fsp3) is 0.130. The van der Waals surface area contributed by atoms with Crippen LogP contribution in [0.15, 0.2) is 82.8 Å². The molecule has 0 saturated carbocycles. The molecule has 1 amide bonds. The normalized spacial score (nSPS) is 11.2. The molecule has 33 heavy (non-hydrogen) atoms. The number of nitrogens with zero attached hydrogens (tertiary/aromatic N) is 2. The van der Waals surface area contributed by atoms with Gasteiger partial charge >= 0.3 is 0 Å². The van der Waals surface area contributed by atoms with Gasteiger partial charge in [-0.2, -0.15) is 5.10 Å². The zero-order valence-corrected chi connectivity index (χ0v) is 19.5. The summed E-state index contributed by atoms with van der Waals surface area (Å²) in [5.74, 6) is 0.312. The number of methoxy groups -OCH3 is 2. The molecule has 0 atom stereocenters. The maximum atomic E-state index is 13.3. The standard InChI is InChI=1S/C23H22ClN3O5S/c1-31-21-13-6-8-17(23(21)32-2)15-25-26-22(28)16-27(19-10-7-9-18(24)14-19)33(29,30)20-11-4-3-5-12-20/h3-15H,16H2,1-2H3,(H,26,28)/b25-15-. The summed E-state index contributed by atoms with van der Waals surface area (Å²) in [6.07, 6.45) is 1.38. The van der Waals surface area contributed by atoms with Gasteiger partial charge in [0, 0.05) is 10.6 Å². The molecule has 0 aromatic heterocycles. The number of amides is 1. The van der Waals surface area contributed by atoms with Crippen LogP contribution in [0.4, 0.5) is 5.69 Å². The van der Waals surface area contributed by atoms with Crippen molar-refractivity contribution in [2.75, 3.05) is 25.1 Å². The topological polar surface area (TPSA) is 97.3 Å². The second kappa shape index (κ2) is 10.8. The molecule has 172 valence electrons. The van der Waals surface area contributed by atoms with Crippen molar-refractivity contribution in [2.45, 2.75) is 4.90 Å². The number of rotatable bonds is 9. The number of carbonyl (C=O) groups is 1. The van der Waals surface area contributed by atoms with Gasteiger partial charge in [-0.25, -0.2) is 13.8 Å². The van der Waals surface area contributed by atoms with Crippen molar-refractivity contribution in [1.29, 1.82) is 0 Å². The molecule has 0 aliphatic heterocycles. The number of anilines is 1. The van der Waals surface area contributed by atoms with E-state index in [1.165, 1.54) is 38.6 Å². The van der Waals surface area contributed by atoms with Crippen LogP contribution in [-0.2, 0) is 14.8 Å². The molecule has 3 rings (SSSR count). The smallest absolute Gasteiger partial charge is 0.264 e. The van der Waals surface area contributed by atoms with Gasteiger partial charge in [-0.05, 0) is 42.5 Å². The summed E-state index contributed by atoms with van der Waals surface area (Å²) in [5.41, 5.74) is 3.17. The van der Waals surface area contributed by atoms with Crippen LogP contribution >= 0.6 is 11.6 Å². The molecule has 0 aliphatic carbocycles. The molecular formula is C23H22ClN3O5S. The van der Waals surface area contributed by atoms with Crippen LogP contribution in [0, 0.1) is 0 Å². The zero-order chi connectivity index (χ0) is 23.8. The summed E-state index contributed by atoms with van der Waals surface area (Å²) >= 11 is 6.06. The third-order valence-corrected chi connectivity index (χ3v) is 6.56. The minimum absolute atomic E-state index is 0.0439. The Morgan fingerprint density at radius 1 is 1.03 bits per heavy atom. The van der Waals surface area contributed by atoms with E-state index in [1.807, 2.05) is 0 Å². The van der Waals surface area contributed by atoms with Gasteiger partial charge in [-0.15, -0.1) is 0 Å². The summed E-state index contributed by atoms with van der Waals surface area (Å²) in [6.45, 7) is -0.510. The highest BCUT2D eigenvalue weighted by atomic mass is 35.5. The predicted octanol–water partition coefficient (Wildman–Crippen LogP) is 3.70. The second-order valence-corrected chi connectivity index (χ2v) is 8.98. The van der Waals surface area contributed by atoms with Crippen molar-refractivity contribution in [3.8, 4) is 11.5 Å². The Morgan fingerprint density at radius 3 is 2.42 bits per heavy atom. The Kier molecular flexibility index (Phi) is 7.92. The molecule has 3 aromatic carbocycles. The number of para-hydroxylation sites is 1. The number of halogens is 1. The quantitative estimate of drug-likeness (QED) is 0.366. The van der Waals surface area contributed by atoms with E-state index in [0.717, 1.165) is 4.31 Å². The molecule has 0 fully saturated rings. The minimum atomic E-state index is -4.04. The third-order valence-electron chi connectivity index (χ3n) is 4.54. The number of hydrazone groups is 1. The lowest BCUT2D eigenvalue weighted by Gasteiger charge is -2.23. The molecule has 8 nitrogen and oxygen atoms in total. The van der Waals surface area contributed by atoms with E-state index in [9.17, 15) is 13.2 Å². The van der Waals surface area contributed by atoms with Gasteiger partial charge in [-0.1, -0.05) is 41.9 Å². The third kappa shape index (κ3) is 5.82. The van der Waals surface area contributed by atoms with Crippen molar-refractivity contribution < 1.29 is 22.7 Å². The van der Waals surface area contributed by atoms with E-state index in [2.05, 4.69) is 10.5 Å². The fourth-order valence-corrected chi connectivity index (χ4v) is 4.64. The molecule has 0 saturated heterocycles. The van der Waals surface area contributed by atoms with Gasteiger partial charge in [0.25, 0.3) is 15.9 Å². The van der Waals surface area contributed by atoms with Crippen LogP contribution in [-0.4, -0.2) is 41.3 Å². The zero-order valence-electron chi connectivity index (χ0n) is 17.9. The van der Waals surface area contributed by atoms with Crippen molar-refractivity contribution in [2.24, 2.45) is 5.10 Å². The average Bonchev–Trinajstić information content (AvgIpc) is 2.82. The van der Waals surface area contributed by atoms with E-state index in [-0.39, 0.29) is 10.6 Å². The predicted molar refractivity (Wildman–Crippen MR) is 128 cm³/mol. The highest BCUT2D eigenvalue weighted by molar-refractivity contribution is 7.92. The molecule has 0 bridgehead atoms. The number of carbonyl (C=O) groups excluding carboxylic acids is 1. The first-order valence-corrected chi connectivity index (χ1v) is 11.5. The van der Waals surface area contributed by atoms with E-state index < -0.39 is 22.5 Å². The molecular weight excluding hydrogens is 466 g/mol. The lowest BCUT2D eigenvalue weighted by Crippen LogP contribution is -2.39. The van der Waals surface area contributed by atoms with Crippen molar-refractivity contribution >= 4 is 39.4 Å². The van der Waals surface area contributed by atoms with Gasteiger partial charge in [0.1, 0.15) is 6.54 Å². The van der Waals surface area contributed by atoms with Crippen LogP contribution in [0.2, 0.25) is 5.02 Å². The minimum Gasteiger partial charge on any atom is -0.493 e. The molecule has 0 unspecified atom stereocenters. The first-order chi connectivity index (χ1) is 15.9. The molecule has 3 aromatic rings. The van der Waals surface area contributed by atoms with Crippen LogP contribution in [0.5, 0.6) is 11.5 Å². The largest absolute Gasteiger partial charge is 0.493 e. The number of benzene rings is 3. The second-order valence-electron chi connectivity index (χ2n) is 6.68. The van der Waals surface area contributed by atoms with Crippen LogP contribution in [0.1, 0.15) is 5.56 Å². The summed E-state index contributed by atoms with van der Waals surface area (Å²) < 4.78 is 38.1. The van der Waals surface area contributed by atoms with Crippen molar-refractivity contribution in [3.63, 3.8) is 0 Å². The monoisotopic (exact) mass is 487 g/mol. The van der Waals surface area contributed by atoms with Crippen LogP contribution < -0.4 is 19.2 Å². The summed E-state index contributed by atoms with van der Waals surface area (Å²) in [6, 6.07) is 19.3. The highest BCUT2D eigenvalue weighted by Gasteiger charge is 2.27. The van der Waals surface area contributed by atoms with Gasteiger partial charge in [-0.3, -0.25) is 9.10 Å². The number of hydrogen-bond acceptors (Lipinski definition) is 6. The first kappa shape index (κ1) is 24.1. The Labute approximate surface area is 197 Å². The van der Waals surface area contributed by atoms with E-state index in [0.29, 0.717) is 22.1 Å². The molecule has 0 radical (unpaired) electrons. The molecule has 0 spiro atoms. The maximum Gasteiger partial charge on any atom is 0.264 e. The van der Waals surface area contributed by atoms with Crippen LogP contribution in [0.3, 0.4) is 0 Å². The molecule has 0 aliphatic rings. The van der Waals surface area contributed by atoms with E-state index in [1.54, 1.807) is 54.6 Å². The number of sulfonamides is 1. The maximum absolute atomic E-state index is 13.3. The highest BCUT2D eigenvalue weighted by Crippen LogP contribution is 2.29. The van der Waals surface area contributed by atoms with E-state index >= 15 is 0 Å². The first-order valence-electron chi connectivity index (χ1n) is 9.73. The number of nitrogens with one attached hydrogen (secondary N) is 1. The number of ether oxygens (including phenoxy) is 2. The lowest BCUT2D eigenvalue weighted by molar-refractivity contribution is -0.119. The molecule has 0 heterocycles. The van der Waals surface area contributed by atoms with Gasteiger partial charge in [0.05, 0.1) is 31.0 Å². The van der Waals surface area contributed by atoms with Crippen molar-refractivity contribution in [3.05, 3.63) is 83.4 Å². The van der Waals surface area contributed by atoms with Crippen LogP contribution in [0.25, 0.3) is 0 Å². The number of hydrogen-bond donors (Lipinski definition) is 1. The van der Waals surface area contributed by atoms with Gasteiger partial charge in [0.15, 0.2) is 11.5 Å². The summed E-state index contributed by atoms with van der Waals surface area (Å²) in [7, 11) is -1.03. The summed E-state index contributed by atoms with van der Waals surface area (Å²) in [4.78, 5) is 12.7. The average molecular weight is 488 g/mol. The summed E-state index contributed by atoms with van der Waals surface area (Å²) in [5, 5.41) is 4.27. The molecule has 1 N–H and O–H groups in total. The van der Waals surface area contributed by atoms with Crippen molar-refractivity contribution in [1.82, 2.24) is 5.43 Å². The lowest BCUT2D eigenvalue weighted by atomic mass is 10.2. The Hall–Kier alpha value is -3.56. The Balaban J connectivity index is 1.84. The fourth-order valence-electron chi connectivity index (χ4n) is 3.02. The van der Waals surface area contributed by atoms with E-state index in [4.69, 9.17) is 21.1 Å². The van der Waals surface area contributed by atoms with Gasteiger partial charge < -0.3 is 9.47 Å². The Morgan fingerprint density at radius 2 is 1.76 bits per heavy atom.